The summed E-state index contributed by atoms with van der Waals surface area (Å²) < 4.78 is 5.16. The molecule has 1 N–H and O–H groups in total. The smallest absolute Gasteiger partial charge is 0.233 e. The van der Waals surface area contributed by atoms with Crippen LogP contribution in [0.3, 0.4) is 0 Å². The van der Waals surface area contributed by atoms with Gasteiger partial charge in [0.25, 0.3) is 0 Å². The number of nitrogens with zero attached hydrogens (tertiary/aromatic N) is 1. The number of benzene rings is 1. The van der Waals surface area contributed by atoms with Gasteiger partial charge in [-0.3, -0.25) is 14.5 Å². The summed E-state index contributed by atoms with van der Waals surface area (Å²) in [7, 11) is 1.63. The van der Waals surface area contributed by atoms with Crippen LogP contribution in [-0.2, 0) is 9.59 Å². The number of carbonyl (C=O) groups excluding carboxylic acids is 2. The molecule has 2 amide bonds. The molecule has 3 unspecified atom stereocenters. The van der Waals surface area contributed by atoms with E-state index in [2.05, 4.69) is 5.32 Å². The summed E-state index contributed by atoms with van der Waals surface area (Å²) in [5, 5.41) is 3.35. The first-order chi connectivity index (χ1) is 10.2. The van der Waals surface area contributed by atoms with E-state index in [0.29, 0.717) is 6.54 Å². The van der Waals surface area contributed by atoms with E-state index in [0.717, 1.165) is 24.3 Å². The topological polar surface area (TPSA) is 58.6 Å². The lowest BCUT2D eigenvalue weighted by Crippen LogP contribution is -2.40. The molecule has 0 bridgehead atoms. The predicted molar refractivity (Wildman–Crippen MR) is 77.7 cm³/mol. The summed E-state index contributed by atoms with van der Waals surface area (Å²) in [6.07, 6.45) is 0.753. The summed E-state index contributed by atoms with van der Waals surface area (Å²) in [5.41, 5.74) is 1.05. The van der Waals surface area contributed by atoms with Crippen molar-refractivity contribution in [1.29, 1.82) is 0 Å². The van der Waals surface area contributed by atoms with Gasteiger partial charge in [0.2, 0.25) is 11.8 Å². The van der Waals surface area contributed by atoms with Gasteiger partial charge >= 0.3 is 0 Å². The SMILES string of the molecule is CCNC(CN1C(=O)C2CC2C1=O)c1ccc(OC)cc1. The van der Waals surface area contributed by atoms with Gasteiger partial charge in [-0.25, -0.2) is 0 Å². The van der Waals surface area contributed by atoms with Crippen molar-refractivity contribution in [2.75, 3.05) is 20.2 Å². The molecule has 1 aliphatic carbocycles. The molecule has 1 aliphatic heterocycles. The maximum absolute atomic E-state index is 12.1. The highest BCUT2D eigenvalue weighted by molar-refractivity contribution is 6.08. The Balaban J connectivity index is 1.75. The number of nitrogens with one attached hydrogen (secondary N) is 1. The number of likely N-dealkylation sites (tertiary alicyclic amines) is 1. The van der Waals surface area contributed by atoms with E-state index < -0.39 is 0 Å². The van der Waals surface area contributed by atoms with Crippen molar-refractivity contribution in [1.82, 2.24) is 10.2 Å². The third kappa shape index (κ3) is 2.53. The second kappa shape index (κ2) is 5.48. The zero-order valence-electron chi connectivity index (χ0n) is 12.3. The molecular formula is C16H20N2O3. The van der Waals surface area contributed by atoms with Gasteiger partial charge in [0, 0.05) is 6.54 Å². The van der Waals surface area contributed by atoms with Crippen LogP contribution in [0.2, 0.25) is 0 Å². The van der Waals surface area contributed by atoms with Gasteiger partial charge in [0.1, 0.15) is 5.75 Å². The zero-order valence-corrected chi connectivity index (χ0v) is 12.3. The average Bonchev–Trinajstić information content (AvgIpc) is 3.26. The van der Waals surface area contributed by atoms with Crippen molar-refractivity contribution < 1.29 is 14.3 Å². The van der Waals surface area contributed by atoms with Gasteiger partial charge < -0.3 is 10.1 Å². The predicted octanol–water partition coefficient (Wildman–Crippen LogP) is 1.35. The molecule has 5 heteroatoms. The molecule has 1 saturated heterocycles. The Bertz CT molecular complexity index is 535. The van der Waals surface area contributed by atoms with Gasteiger partial charge in [-0.15, -0.1) is 0 Å². The summed E-state index contributed by atoms with van der Waals surface area (Å²) in [5.74, 6) is 0.734. The number of piperidine rings is 1. The van der Waals surface area contributed by atoms with E-state index in [1.807, 2.05) is 31.2 Å². The van der Waals surface area contributed by atoms with Gasteiger partial charge in [-0.2, -0.15) is 0 Å². The average molecular weight is 288 g/mol. The third-order valence-electron chi connectivity index (χ3n) is 4.29. The van der Waals surface area contributed by atoms with Crippen molar-refractivity contribution in [2.24, 2.45) is 11.8 Å². The minimum Gasteiger partial charge on any atom is -0.497 e. The van der Waals surface area contributed by atoms with Crippen LogP contribution >= 0.6 is 0 Å². The minimum atomic E-state index is -0.0358. The number of carbonyl (C=O) groups is 2. The molecule has 5 nitrogen and oxygen atoms in total. The highest BCUT2D eigenvalue weighted by atomic mass is 16.5. The summed E-state index contributed by atoms with van der Waals surface area (Å²) in [6.45, 7) is 3.20. The van der Waals surface area contributed by atoms with Gasteiger partial charge in [-0.1, -0.05) is 19.1 Å². The van der Waals surface area contributed by atoms with Gasteiger partial charge in [-0.05, 0) is 30.7 Å². The molecule has 0 radical (unpaired) electrons. The number of methoxy groups -OCH3 is 1. The largest absolute Gasteiger partial charge is 0.497 e. The van der Waals surface area contributed by atoms with Crippen molar-refractivity contribution in [3.05, 3.63) is 29.8 Å². The van der Waals surface area contributed by atoms with Crippen LogP contribution < -0.4 is 10.1 Å². The number of amides is 2. The molecule has 0 aromatic heterocycles. The highest BCUT2D eigenvalue weighted by Gasteiger charge is 2.58. The monoisotopic (exact) mass is 288 g/mol. The maximum atomic E-state index is 12.1. The quantitative estimate of drug-likeness (QED) is 0.803. The van der Waals surface area contributed by atoms with Gasteiger partial charge in [0.05, 0.1) is 25.0 Å². The van der Waals surface area contributed by atoms with Crippen LogP contribution in [0, 0.1) is 11.8 Å². The van der Waals surface area contributed by atoms with Crippen molar-refractivity contribution in [3.8, 4) is 5.75 Å². The minimum absolute atomic E-state index is 0.00131. The van der Waals surface area contributed by atoms with E-state index in [1.54, 1.807) is 7.11 Å². The Hall–Kier alpha value is -1.88. The molecule has 3 atom stereocenters. The Kier molecular flexibility index (Phi) is 3.68. The number of rotatable bonds is 6. The third-order valence-corrected chi connectivity index (χ3v) is 4.29. The first kappa shape index (κ1) is 14.1. The lowest BCUT2D eigenvalue weighted by atomic mass is 10.1. The van der Waals surface area contributed by atoms with Crippen molar-refractivity contribution in [3.63, 3.8) is 0 Å². The number of fused-ring (bicyclic) bond motifs is 1. The van der Waals surface area contributed by atoms with Crippen LogP contribution in [0.25, 0.3) is 0 Å². The molecule has 112 valence electrons. The molecule has 2 aliphatic rings. The summed E-state index contributed by atoms with van der Waals surface area (Å²) >= 11 is 0. The standard InChI is InChI=1S/C16H20N2O3/c1-3-17-14(10-4-6-11(21-2)7-5-10)9-18-15(19)12-8-13(12)16(18)20/h4-7,12-14,17H,3,8-9H2,1-2H3. The van der Waals surface area contributed by atoms with Crippen molar-refractivity contribution in [2.45, 2.75) is 19.4 Å². The lowest BCUT2D eigenvalue weighted by Gasteiger charge is -2.25. The maximum Gasteiger partial charge on any atom is 0.233 e. The van der Waals surface area contributed by atoms with Crippen LogP contribution in [0.5, 0.6) is 5.75 Å². The fourth-order valence-electron chi connectivity index (χ4n) is 2.98. The number of imide groups is 1. The molecule has 21 heavy (non-hydrogen) atoms. The Morgan fingerprint density at radius 3 is 2.38 bits per heavy atom. The highest BCUT2D eigenvalue weighted by Crippen LogP contribution is 2.47. The molecular weight excluding hydrogens is 268 g/mol. The molecule has 2 fully saturated rings. The zero-order chi connectivity index (χ0) is 15.0. The van der Waals surface area contributed by atoms with E-state index in [9.17, 15) is 9.59 Å². The Morgan fingerprint density at radius 2 is 1.86 bits per heavy atom. The fraction of sp³-hybridized carbons (Fsp3) is 0.500. The molecule has 1 heterocycles. The Morgan fingerprint density at radius 1 is 1.24 bits per heavy atom. The first-order valence-electron chi connectivity index (χ1n) is 7.38. The lowest BCUT2D eigenvalue weighted by molar-refractivity contribution is -0.141. The second-order valence-electron chi connectivity index (χ2n) is 5.62. The summed E-state index contributed by atoms with van der Waals surface area (Å²) in [6, 6.07) is 7.69. The van der Waals surface area contributed by atoms with Gasteiger partial charge in [0.15, 0.2) is 0 Å². The molecule has 3 rings (SSSR count). The number of ether oxygens (including phenoxy) is 1. The van der Waals surface area contributed by atoms with E-state index in [4.69, 9.17) is 4.74 Å². The van der Waals surface area contributed by atoms with Crippen LogP contribution in [-0.4, -0.2) is 36.9 Å². The Labute approximate surface area is 124 Å². The fourth-order valence-corrected chi connectivity index (χ4v) is 2.98. The summed E-state index contributed by atoms with van der Waals surface area (Å²) in [4.78, 5) is 25.6. The van der Waals surface area contributed by atoms with Crippen molar-refractivity contribution >= 4 is 11.8 Å². The number of likely N-dealkylation sites (N-methyl/N-ethyl adjacent to an activating group) is 1. The molecule has 1 aromatic rings. The van der Waals surface area contributed by atoms with E-state index in [-0.39, 0.29) is 29.7 Å². The van der Waals surface area contributed by atoms with Crippen LogP contribution in [0.15, 0.2) is 24.3 Å². The van der Waals surface area contributed by atoms with E-state index in [1.165, 1.54) is 4.90 Å². The number of hydrogen-bond acceptors (Lipinski definition) is 4. The van der Waals surface area contributed by atoms with Crippen LogP contribution in [0.4, 0.5) is 0 Å². The van der Waals surface area contributed by atoms with Crippen LogP contribution in [0.1, 0.15) is 24.9 Å². The normalized spacial score (nSPS) is 25.0. The van der Waals surface area contributed by atoms with E-state index >= 15 is 0 Å². The molecule has 1 aromatic carbocycles. The molecule has 1 saturated carbocycles. The number of hydrogen-bond donors (Lipinski definition) is 1. The second-order valence-corrected chi connectivity index (χ2v) is 5.62. The molecule has 0 spiro atoms. The first-order valence-corrected chi connectivity index (χ1v) is 7.38.